The lowest BCUT2D eigenvalue weighted by atomic mass is 10.1. The average Bonchev–Trinajstić information content (AvgIpc) is 2.65. The summed E-state index contributed by atoms with van der Waals surface area (Å²) in [5.41, 5.74) is 1.99. The molecule has 25 heavy (non-hydrogen) atoms. The topological polar surface area (TPSA) is 75.2 Å². The van der Waals surface area contributed by atoms with Crippen LogP contribution < -0.4 is 10.2 Å². The first-order chi connectivity index (χ1) is 12.2. The van der Waals surface area contributed by atoms with Gasteiger partial charge >= 0.3 is 0 Å². The fourth-order valence-corrected chi connectivity index (χ4v) is 2.63. The number of carbonyl (C=O) groups is 2. The van der Waals surface area contributed by atoms with Crippen molar-refractivity contribution in [3.63, 3.8) is 0 Å². The highest BCUT2D eigenvalue weighted by molar-refractivity contribution is 6.01. The number of benzene rings is 1. The van der Waals surface area contributed by atoms with E-state index in [-0.39, 0.29) is 11.8 Å². The molecule has 0 bridgehead atoms. The Morgan fingerprint density at radius 2 is 1.88 bits per heavy atom. The molecular weight excluding hydrogens is 316 g/mol. The van der Waals surface area contributed by atoms with Crippen molar-refractivity contribution in [2.75, 3.05) is 18.0 Å². The van der Waals surface area contributed by atoms with E-state index in [2.05, 4.69) is 15.3 Å². The Bertz CT molecular complexity index is 891. The zero-order chi connectivity index (χ0) is 17.6. The quantitative estimate of drug-likeness (QED) is 0.777. The van der Waals surface area contributed by atoms with Crippen molar-refractivity contribution in [1.29, 1.82) is 0 Å². The van der Waals surface area contributed by atoms with E-state index in [0.29, 0.717) is 18.7 Å². The van der Waals surface area contributed by atoms with Gasteiger partial charge in [0.15, 0.2) is 0 Å². The molecule has 0 spiro atoms. The van der Waals surface area contributed by atoms with Gasteiger partial charge in [-0.25, -0.2) is 0 Å². The van der Waals surface area contributed by atoms with E-state index >= 15 is 0 Å². The zero-order valence-electron chi connectivity index (χ0n) is 13.8. The van der Waals surface area contributed by atoms with Crippen molar-refractivity contribution >= 4 is 28.4 Å². The number of rotatable bonds is 5. The van der Waals surface area contributed by atoms with Crippen LogP contribution in [0.25, 0.3) is 10.9 Å². The zero-order valence-corrected chi connectivity index (χ0v) is 13.8. The standard InChI is InChI=1S/C19H18N4O2/c1-14(24)23(12-11-22-19(25)16-7-3-9-20-13-16)17-8-2-5-15-6-4-10-21-18(15)17/h2-10,13H,11-12H2,1H3,(H,22,25). The number of hydrogen-bond donors (Lipinski definition) is 1. The van der Waals surface area contributed by atoms with Crippen molar-refractivity contribution in [1.82, 2.24) is 15.3 Å². The average molecular weight is 334 g/mol. The third kappa shape index (κ3) is 3.80. The third-order valence-electron chi connectivity index (χ3n) is 3.83. The second-order valence-corrected chi connectivity index (χ2v) is 5.52. The van der Waals surface area contributed by atoms with Crippen molar-refractivity contribution in [2.24, 2.45) is 0 Å². The van der Waals surface area contributed by atoms with E-state index in [1.807, 2.05) is 30.3 Å². The number of nitrogens with zero attached hydrogens (tertiary/aromatic N) is 3. The van der Waals surface area contributed by atoms with Gasteiger partial charge in [0.05, 0.1) is 16.8 Å². The summed E-state index contributed by atoms with van der Waals surface area (Å²) in [5.74, 6) is -0.318. The van der Waals surface area contributed by atoms with Gasteiger partial charge in [0.2, 0.25) is 5.91 Å². The predicted octanol–water partition coefficient (Wildman–Crippen LogP) is 2.41. The number of fused-ring (bicyclic) bond motifs is 1. The molecule has 2 aromatic heterocycles. The Balaban J connectivity index is 1.74. The van der Waals surface area contributed by atoms with Crippen LogP contribution in [-0.4, -0.2) is 34.9 Å². The summed E-state index contributed by atoms with van der Waals surface area (Å²) in [7, 11) is 0. The van der Waals surface area contributed by atoms with Gasteiger partial charge in [-0.05, 0) is 24.3 Å². The Morgan fingerprint density at radius 3 is 2.64 bits per heavy atom. The van der Waals surface area contributed by atoms with Crippen LogP contribution in [0.2, 0.25) is 0 Å². The fraction of sp³-hybridized carbons (Fsp3) is 0.158. The van der Waals surface area contributed by atoms with E-state index in [0.717, 1.165) is 16.6 Å². The van der Waals surface area contributed by atoms with Crippen molar-refractivity contribution < 1.29 is 9.59 Å². The number of carbonyl (C=O) groups excluding carboxylic acids is 2. The fourth-order valence-electron chi connectivity index (χ4n) is 2.63. The molecule has 1 aromatic carbocycles. The maximum absolute atomic E-state index is 12.1. The van der Waals surface area contributed by atoms with Crippen molar-refractivity contribution in [3.05, 3.63) is 66.6 Å². The molecule has 6 nitrogen and oxygen atoms in total. The lowest BCUT2D eigenvalue weighted by Gasteiger charge is -2.22. The predicted molar refractivity (Wildman–Crippen MR) is 96.3 cm³/mol. The SMILES string of the molecule is CC(=O)N(CCNC(=O)c1cccnc1)c1cccc2cccnc12. The molecule has 6 heteroatoms. The normalized spacial score (nSPS) is 10.4. The molecule has 0 fully saturated rings. The number of anilines is 1. The van der Waals surface area contributed by atoms with E-state index in [4.69, 9.17) is 0 Å². The van der Waals surface area contributed by atoms with Gasteiger partial charge in [-0.1, -0.05) is 18.2 Å². The van der Waals surface area contributed by atoms with E-state index in [1.165, 1.54) is 13.1 Å². The number of nitrogens with one attached hydrogen (secondary N) is 1. The van der Waals surface area contributed by atoms with E-state index in [9.17, 15) is 9.59 Å². The Hall–Kier alpha value is -3.28. The lowest BCUT2D eigenvalue weighted by Crippen LogP contribution is -2.37. The number of aromatic nitrogens is 2. The molecule has 0 unspecified atom stereocenters. The molecule has 126 valence electrons. The van der Waals surface area contributed by atoms with Crippen LogP contribution in [-0.2, 0) is 4.79 Å². The number of hydrogen-bond acceptors (Lipinski definition) is 4. The van der Waals surface area contributed by atoms with Crippen LogP contribution in [0.5, 0.6) is 0 Å². The van der Waals surface area contributed by atoms with Gasteiger partial charge in [-0.3, -0.25) is 19.6 Å². The molecule has 0 aliphatic rings. The second kappa shape index (κ2) is 7.53. The molecule has 2 heterocycles. The minimum absolute atomic E-state index is 0.103. The van der Waals surface area contributed by atoms with Gasteiger partial charge in [0, 0.05) is 44.0 Å². The molecular formula is C19H18N4O2. The molecule has 3 rings (SSSR count). The van der Waals surface area contributed by atoms with Crippen LogP contribution in [0.1, 0.15) is 17.3 Å². The van der Waals surface area contributed by atoms with Gasteiger partial charge < -0.3 is 10.2 Å². The third-order valence-corrected chi connectivity index (χ3v) is 3.83. The van der Waals surface area contributed by atoms with E-state index in [1.54, 1.807) is 29.4 Å². The minimum atomic E-state index is -0.215. The highest BCUT2D eigenvalue weighted by Gasteiger charge is 2.15. The molecule has 0 saturated carbocycles. The first-order valence-electron chi connectivity index (χ1n) is 7.97. The molecule has 0 aliphatic carbocycles. The largest absolute Gasteiger partial charge is 0.350 e. The van der Waals surface area contributed by atoms with Crippen LogP contribution in [0.3, 0.4) is 0 Å². The molecule has 1 N–H and O–H groups in total. The van der Waals surface area contributed by atoms with Gasteiger partial charge in [0.1, 0.15) is 0 Å². The summed E-state index contributed by atoms with van der Waals surface area (Å²) in [6.07, 6.45) is 4.82. The number of pyridine rings is 2. The van der Waals surface area contributed by atoms with Crippen molar-refractivity contribution in [2.45, 2.75) is 6.92 Å². The summed E-state index contributed by atoms with van der Waals surface area (Å²) in [5, 5.41) is 3.77. The summed E-state index contributed by atoms with van der Waals surface area (Å²) < 4.78 is 0. The summed E-state index contributed by atoms with van der Waals surface area (Å²) in [4.78, 5) is 34.1. The molecule has 2 amide bonds. The van der Waals surface area contributed by atoms with Crippen LogP contribution in [0.4, 0.5) is 5.69 Å². The Morgan fingerprint density at radius 1 is 1.08 bits per heavy atom. The molecule has 0 aliphatic heterocycles. The second-order valence-electron chi connectivity index (χ2n) is 5.52. The maximum Gasteiger partial charge on any atom is 0.252 e. The monoisotopic (exact) mass is 334 g/mol. The smallest absolute Gasteiger partial charge is 0.252 e. The molecule has 3 aromatic rings. The first kappa shape index (κ1) is 16.6. The lowest BCUT2D eigenvalue weighted by molar-refractivity contribution is -0.116. The highest BCUT2D eigenvalue weighted by Crippen LogP contribution is 2.24. The number of amides is 2. The molecule has 0 saturated heterocycles. The Labute approximate surface area is 145 Å². The Kier molecular flexibility index (Phi) is 4.99. The minimum Gasteiger partial charge on any atom is -0.350 e. The highest BCUT2D eigenvalue weighted by atomic mass is 16.2. The van der Waals surface area contributed by atoms with Crippen LogP contribution in [0.15, 0.2) is 61.1 Å². The van der Waals surface area contributed by atoms with Gasteiger partial charge in [-0.15, -0.1) is 0 Å². The van der Waals surface area contributed by atoms with E-state index < -0.39 is 0 Å². The molecule has 0 atom stereocenters. The van der Waals surface area contributed by atoms with Crippen LogP contribution >= 0.6 is 0 Å². The van der Waals surface area contributed by atoms with Gasteiger partial charge in [0.25, 0.3) is 5.91 Å². The number of para-hydroxylation sites is 1. The summed E-state index contributed by atoms with van der Waals surface area (Å²) in [6.45, 7) is 2.19. The first-order valence-corrected chi connectivity index (χ1v) is 7.97. The molecule has 0 radical (unpaired) electrons. The van der Waals surface area contributed by atoms with Gasteiger partial charge in [-0.2, -0.15) is 0 Å². The maximum atomic E-state index is 12.1. The summed E-state index contributed by atoms with van der Waals surface area (Å²) in [6, 6.07) is 12.9. The van der Waals surface area contributed by atoms with Crippen LogP contribution in [0, 0.1) is 0 Å². The summed E-state index contributed by atoms with van der Waals surface area (Å²) >= 11 is 0. The van der Waals surface area contributed by atoms with Crippen molar-refractivity contribution in [3.8, 4) is 0 Å².